The Bertz CT molecular complexity index is 380. The van der Waals surface area contributed by atoms with Crippen molar-refractivity contribution in [3.8, 4) is 0 Å². The molecule has 0 amide bonds. The summed E-state index contributed by atoms with van der Waals surface area (Å²) in [6.45, 7) is 3.10. The largest absolute Gasteiger partial charge is 0.475 e. The van der Waals surface area contributed by atoms with E-state index in [0.717, 1.165) is 5.33 Å². The number of rotatable bonds is 6. The number of alkyl halides is 1. The van der Waals surface area contributed by atoms with Crippen molar-refractivity contribution in [2.45, 2.75) is 25.2 Å². The first-order valence-corrected chi connectivity index (χ1v) is 8.10. The molecule has 0 aliphatic rings. The molecule has 1 N–H and O–H groups in total. The van der Waals surface area contributed by atoms with Gasteiger partial charge in [0, 0.05) is 16.1 Å². The minimum atomic E-state index is -1.35. The molecule has 0 heterocycles. The second-order valence-corrected chi connectivity index (χ2v) is 5.99. The fourth-order valence-corrected chi connectivity index (χ4v) is 2.53. The molecular formula is C14H19BrO3S. The third-order valence-electron chi connectivity index (χ3n) is 2.03. The number of Topliss-reactive ketones (excluding diaryl/α,β-unsaturated/α-hetero) is 1. The number of carboxylic acids is 1. The molecule has 0 aliphatic heterocycles. The fraction of sp³-hybridized carbons (Fsp3) is 0.429. The van der Waals surface area contributed by atoms with Crippen LogP contribution in [0.15, 0.2) is 35.2 Å². The number of carboxylic acid groups (broad SMARTS) is 1. The van der Waals surface area contributed by atoms with Crippen LogP contribution in [0.1, 0.15) is 20.3 Å². The van der Waals surface area contributed by atoms with Crippen LogP contribution in [-0.4, -0.2) is 27.9 Å². The van der Waals surface area contributed by atoms with E-state index in [1.54, 1.807) is 13.8 Å². The van der Waals surface area contributed by atoms with Gasteiger partial charge >= 0.3 is 5.97 Å². The zero-order chi connectivity index (χ0) is 14.7. The highest BCUT2D eigenvalue weighted by atomic mass is 79.9. The average Bonchev–Trinajstić information content (AvgIpc) is 2.40. The molecule has 0 saturated carbocycles. The van der Waals surface area contributed by atoms with E-state index in [1.165, 1.54) is 17.1 Å². The predicted molar refractivity (Wildman–Crippen MR) is 83.1 cm³/mol. The Labute approximate surface area is 126 Å². The smallest absolute Gasteiger partial charge is 0.372 e. The van der Waals surface area contributed by atoms with Crippen LogP contribution in [0.5, 0.6) is 0 Å². The van der Waals surface area contributed by atoms with Crippen molar-refractivity contribution in [3.63, 3.8) is 0 Å². The third kappa shape index (κ3) is 9.73. The van der Waals surface area contributed by atoms with Gasteiger partial charge in [-0.25, -0.2) is 4.79 Å². The Morgan fingerprint density at radius 2 is 1.84 bits per heavy atom. The quantitative estimate of drug-likeness (QED) is 0.367. The van der Waals surface area contributed by atoms with Crippen molar-refractivity contribution in [1.29, 1.82) is 0 Å². The number of hydrogen-bond donors (Lipinski definition) is 1. The van der Waals surface area contributed by atoms with E-state index < -0.39 is 17.7 Å². The molecule has 0 aromatic heterocycles. The summed E-state index contributed by atoms with van der Waals surface area (Å²) in [6, 6.07) is 10.5. The van der Waals surface area contributed by atoms with Gasteiger partial charge in [-0.3, -0.25) is 4.79 Å². The van der Waals surface area contributed by atoms with Crippen molar-refractivity contribution in [2.75, 3.05) is 11.1 Å². The summed E-state index contributed by atoms with van der Waals surface area (Å²) in [7, 11) is 0. The van der Waals surface area contributed by atoms with Crippen molar-refractivity contribution in [3.05, 3.63) is 30.3 Å². The highest BCUT2D eigenvalue weighted by Gasteiger charge is 2.14. The van der Waals surface area contributed by atoms with E-state index in [0.29, 0.717) is 0 Å². The van der Waals surface area contributed by atoms with Crippen LogP contribution < -0.4 is 0 Å². The molecule has 1 aromatic rings. The minimum Gasteiger partial charge on any atom is -0.475 e. The summed E-state index contributed by atoms with van der Waals surface area (Å²) in [4.78, 5) is 21.4. The second kappa shape index (κ2) is 11.1. The zero-order valence-electron chi connectivity index (χ0n) is 11.1. The van der Waals surface area contributed by atoms with Crippen molar-refractivity contribution in [2.24, 2.45) is 5.92 Å². The highest BCUT2D eigenvalue weighted by molar-refractivity contribution is 9.09. The maximum atomic E-state index is 10.2. The van der Waals surface area contributed by atoms with E-state index in [1.807, 2.05) is 11.8 Å². The number of carbonyl (C=O) groups is 2. The first-order valence-electron chi connectivity index (χ1n) is 6.00. The molecule has 3 nitrogen and oxygen atoms in total. The summed E-state index contributed by atoms with van der Waals surface area (Å²) in [5.41, 5.74) is 0. The SMILES string of the molecule is BrCCCSc1ccccc1.CC(C)C(=O)C(=O)O. The molecule has 0 atom stereocenters. The molecule has 0 saturated heterocycles. The first kappa shape index (κ1) is 18.2. The molecule has 106 valence electrons. The minimum absolute atomic E-state index is 0.396. The van der Waals surface area contributed by atoms with Gasteiger partial charge in [-0.15, -0.1) is 11.8 Å². The molecule has 19 heavy (non-hydrogen) atoms. The van der Waals surface area contributed by atoms with Crippen LogP contribution in [0.3, 0.4) is 0 Å². The normalized spacial score (nSPS) is 9.68. The number of thioether (sulfide) groups is 1. The van der Waals surface area contributed by atoms with Gasteiger partial charge < -0.3 is 5.11 Å². The van der Waals surface area contributed by atoms with Crippen LogP contribution >= 0.6 is 27.7 Å². The average molecular weight is 347 g/mol. The highest BCUT2D eigenvalue weighted by Crippen LogP contribution is 2.17. The number of hydrogen-bond acceptors (Lipinski definition) is 3. The number of carbonyl (C=O) groups excluding carboxylic acids is 1. The second-order valence-electron chi connectivity index (χ2n) is 4.03. The van der Waals surface area contributed by atoms with E-state index in [2.05, 4.69) is 46.3 Å². The van der Waals surface area contributed by atoms with E-state index >= 15 is 0 Å². The van der Waals surface area contributed by atoms with Crippen LogP contribution in [0.2, 0.25) is 0 Å². The summed E-state index contributed by atoms with van der Waals surface area (Å²) in [5, 5.41) is 9.11. The summed E-state index contributed by atoms with van der Waals surface area (Å²) in [6.07, 6.45) is 1.24. The Morgan fingerprint density at radius 3 is 2.21 bits per heavy atom. The first-order chi connectivity index (χ1) is 8.99. The molecule has 0 spiro atoms. The lowest BCUT2D eigenvalue weighted by Gasteiger charge is -1.97. The van der Waals surface area contributed by atoms with Gasteiger partial charge in [0.25, 0.3) is 0 Å². The van der Waals surface area contributed by atoms with Crippen molar-refractivity contribution < 1.29 is 14.7 Å². The fourth-order valence-electron chi connectivity index (χ4n) is 1.01. The Kier molecular flexibility index (Phi) is 10.6. The monoisotopic (exact) mass is 346 g/mol. The maximum Gasteiger partial charge on any atom is 0.372 e. The summed E-state index contributed by atoms with van der Waals surface area (Å²) >= 11 is 5.32. The topological polar surface area (TPSA) is 54.4 Å². The summed E-state index contributed by atoms with van der Waals surface area (Å²) in [5.74, 6) is -1.27. The number of ketones is 1. The van der Waals surface area contributed by atoms with Crippen molar-refractivity contribution >= 4 is 39.4 Å². The van der Waals surface area contributed by atoms with Gasteiger partial charge in [-0.2, -0.15) is 0 Å². The van der Waals surface area contributed by atoms with Gasteiger partial charge in [-0.1, -0.05) is 48.0 Å². The van der Waals surface area contributed by atoms with Crippen LogP contribution in [-0.2, 0) is 9.59 Å². The lowest BCUT2D eigenvalue weighted by Crippen LogP contribution is -2.18. The molecule has 5 heteroatoms. The molecule has 0 unspecified atom stereocenters. The lowest BCUT2D eigenvalue weighted by molar-refractivity contribution is -0.150. The molecule has 0 aliphatic carbocycles. The molecular weight excluding hydrogens is 328 g/mol. The van der Waals surface area contributed by atoms with Crippen LogP contribution in [0.4, 0.5) is 0 Å². The van der Waals surface area contributed by atoms with Gasteiger partial charge in [0.2, 0.25) is 5.78 Å². The standard InChI is InChI=1S/C9H11BrS.C5H8O3/c10-7-4-8-11-9-5-2-1-3-6-9;1-3(2)4(6)5(7)8/h1-3,5-6H,4,7-8H2;3H,1-2H3,(H,7,8). The van der Waals surface area contributed by atoms with E-state index in [9.17, 15) is 9.59 Å². The van der Waals surface area contributed by atoms with Gasteiger partial charge in [0.15, 0.2) is 0 Å². The number of benzene rings is 1. The van der Waals surface area contributed by atoms with Crippen LogP contribution in [0.25, 0.3) is 0 Å². The molecule has 0 fully saturated rings. The van der Waals surface area contributed by atoms with E-state index in [4.69, 9.17) is 5.11 Å². The molecule has 1 rings (SSSR count). The zero-order valence-corrected chi connectivity index (χ0v) is 13.5. The van der Waals surface area contributed by atoms with Crippen molar-refractivity contribution in [1.82, 2.24) is 0 Å². The predicted octanol–water partition coefficient (Wildman–Crippen LogP) is 3.86. The molecule has 0 bridgehead atoms. The Hall–Kier alpha value is -0.810. The molecule has 1 aromatic carbocycles. The lowest BCUT2D eigenvalue weighted by atomic mass is 10.1. The number of aliphatic carboxylic acids is 1. The Balaban J connectivity index is 0.000000362. The Morgan fingerprint density at radius 1 is 1.26 bits per heavy atom. The van der Waals surface area contributed by atoms with Gasteiger partial charge in [0.05, 0.1) is 0 Å². The van der Waals surface area contributed by atoms with Gasteiger partial charge in [0.1, 0.15) is 0 Å². The van der Waals surface area contributed by atoms with E-state index in [-0.39, 0.29) is 0 Å². The third-order valence-corrected chi connectivity index (χ3v) is 3.68. The maximum absolute atomic E-state index is 10.2. The molecule has 0 radical (unpaired) electrons. The van der Waals surface area contributed by atoms with Gasteiger partial charge in [-0.05, 0) is 24.3 Å². The summed E-state index contributed by atoms with van der Waals surface area (Å²) < 4.78 is 0. The van der Waals surface area contributed by atoms with Crippen LogP contribution in [0, 0.1) is 5.92 Å². The number of halogens is 1.